The van der Waals surface area contributed by atoms with Crippen LogP contribution in [0.4, 0.5) is 0 Å². The van der Waals surface area contributed by atoms with Gasteiger partial charge in [-0.05, 0) is 0 Å². The molecule has 0 nitrogen and oxygen atoms in total. The van der Waals surface area contributed by atoms with Crippen LogP contribution in [0.1, 0.15) is 0 Å². The summed E-state index contributed by atoms with van der Waals surface area (Å²) in [6.07, 6.45) is 0. The van der Waals surface area contributed by atoms with Crippen molar-refractivity contribution in [1.29, 1.82) is 0 Å². The van der Waals surface area contributed by atoms with Gasteiger partial charge in [0, 0.05) is 25.8 Å². The molecule has 0 aromatic carbocycles. The van der Waals surface area contributed by atoms with E-state index in [1.165, 1.54) is 0 Å². The first-order chi connectivity index (χ1) is 0. The molecule has 0 atom stereocenters. The molecule has 6 heteroatoms. The largest absolute Gasteiger partial charge is 1.00 e. The molecule has 0 spiro atoms. The first kappa shape index (κ1) is 734. The van der Waals surface area contributed by atoms with E-state index in [4.69, 9.17) is 0 Å². The van der Waals surface area contributed by atoms with Crippen LogP contribution in [0.25, 0.3) is 0 Å². The Morgan fingerprint density at radius 3 is 0.333 bits per heavy atom. The number of hydrogen-bond donors (Lipinski definition) is 0. The van der Waals surface area contributed by atoms with Crippen molar-refractivity contribution in [3.8, 4) is 0 Å². The SMILES string of the molecule is [F-].[F-].[F-].[F-].[F-].[Hf]. The number of halogens is 5. The van der Waals surface area contributed by atoms with Crippen molar-refractivity contribution < 1.29 is 49.4 Å². The van der Waals surface area contributed by atoms with Crippen LogP contribution >= 0.6 is 0 Å². The zero-order valence-electron chi connectivity index (χ0n) is 2.39. The van der Waals surface area contributed by atoms with Crippen LogP contribution in [-0.2, 0) is 25.8 Å². The Labute approximate surface area is 49.9 Å². The molecule has 0 fully saturated rings. The van der Waals surface area contributed by atoms with Crippen LogP contribution in [0.3, 0.4) is 0 Å². The van der Waals surface area contributed by atoms with Crippen LogP contribution in [0.15, 0.2) is 0 Å². The third-order valence-corrected chi connectivity index (χ3v) is 0. The maximum Gasteiger partial charge on any atom is 0 e. The number of hydrogen-bond acceptors (Lipinski definition) is 0. The van der Waals surface area contributed by atoms with Crippen molar-refractivity contribution in [3.63, 3.8) is 0 Å². The third kappa shape index (κ3) is 207. The van der Waals surface area contributed by atoms with Gasteiger partial charge in [-0.3, -0.25) is 0 Å². The Bertz CT molecular complexity index is 3.90. The summed E-state index contributed by atoms with van der Waals surface area (Å²) in [4.78, 5) is 0. The van der Waals surface area contributed by atoms with Crippen LogP contribution in [0.5, 0.6) is 0 Å². The molecule has 0 aliphatic heterocycles. The van der Waals surface area contributed by atoms with Crippen LogP contribution in [-0.4, -0.2) is 0 Å². The summed E-state index contributed by atoms with van der Waals surface area (Å²) in [5, 5.41) is 0. The zero-order chi connectivity index (χ0) is 0. The van der Waals surface area contributed by atoms with E-state index >= 15 is 0 Å². The predicted molar refractivity (Wildman–Crippen MR) is 0 cm³/mol. The fourth-order valence-corrected chi connectivity index (χ4v) is 0. The molecule has 0 unspecified atom stereocenters. The second-order valence-electron chi connectivity index (χ2n) is 0. The van der Waals surface area contributed by atoms with Gasteiger partial charge in [-0.25, -0.2) is 0 Å². The minimum Gasteiger partial charge on any atom is -1.00 e. The molecule has 44 valence electrons. The average Bonchev–Trinajstić information content (AvgIpc) is 0. The minimum atomic E-state index is 0. The van der Waals surface area contributed by atoms with Crippen LogP contribution in [0, 0.1) is 0 Å². The van der Waals surface area contributed by atoms with Gasteiger partial charge >= 0.3 is 0 Å². The molecule has 0 N–H and O–H groups in total. The monoisotopic (exact) mass is 275 g/mol. The van der Waals surface area contributed by atoms with E-state index in [-0.39, 0.29) is 49.4 Å². The van der Waals surface area contributed by atoms with Gasteiger partial charge < -0.3 is 23.5 Å². The van der Waals surface area contributed by atoms with Gasteiger partial charge in [0.1, 0.15) is 0 Å². The van der Waals surface area contributed by atoms with E-state index in [2.05, 4.69) is 0 Å². The van der Waals surface area contributed by atoms with Crippen molar-refractivity contribution in [1.82, 2.24) is 0 Å². The Hall–Kier alpha value is 0.520. The Kier molecular flexibility index (Phi) is 51000. The molecule has 0 saturated heterocycles. The first-order valence-electron chi connectivity index (χ1n) is 0. The second-order valence-corrected chi connectivity index (χ2v) is 0. The van der Waals surface area contributed by atoms with Crippen molar-refractivity contribution in [2.24, 2.45) is 0 Å². The zero-order valence-corrected chi connectivity index (χ0v) is 5.98. The van der Waals surface area contributed by atoms with Gasteiger partial charge in [-0.1, -0.05) is 0 Å². The van der Waals surface area contributed by atoms with Gasteiger partial charge in [0.05, 0.1) is 0 Å². The Morgan fingerprint density at radius 2 is 0.333 bits per heavy atom. The summed E-state index contributed by atoms with van der Waals surface area (Å²) in [5.41, 5.74) is 0. The van der Waals surface area contributed by atoms with Gasteiger partial charge in [0.2, 0.25) is 0 Å². The topological polar surface area (TPSA) is 0 Å². The fraction of sp³-hybridized carbons (Fsp3) is 0. The quantitative estimate of drug-likeness (QED) is 0.304. The van der Waals surface area contributed by atoms with Crippen molar-refractivity contribution in [2.45, 2.75) is 0 Å². The maximum absolute atomic E-state index is 0. The summed E-state index contributed by atoms with van der Waals surface area (Å²) in [6.45, 7) is 0. The third-order valence-electron chi connectivity index (χ3n) is 0. The molecule has 0 amide bonds. The van der Waals surface area contributed by atoms with Gasteiger partial charge in [0.25, 0.3) is 0 Å². The van der Waals surface area contributed by atoms with Crippen molar-refractivity contribution >= 4 is 0 Å². The summed E-state index contributed by atoms with van der Waals surface area (Å²) in [5.74, 6) is 0. The summed E-state index contributed by atoms with van der Waals surface area (Å²) < 4.78 is 0. The summed E-state index contributed by atoms with van der Waals surface area (Å²) in [6, 6.07) is 0. The van der Waals surface area contributed by atoms with E-state index in [0.717, 1.165) is 0 Å². The molecular formula is F5Hf-5. The molecule has 0 heterocycles. The van der Waals surface area contributed by atoms with E-state index in [9.17, 15) is 0 Å². The van der Waals surface area contributed by atoms with Gasteiger partial charge in [-0.2, -0.15) is 0 Å². The standard InChI is InChI=1S/5FH.Hf/h5*1H;/p-5. The van der Waals surface area contributed by atoms with E-state index < -0.39 is 0 Å². The van der Waals surface area contributed by atoms with E-state index in [1.807, 2.05) is 0 Å². The molecule has 0 bridgehead atoms. The number of rotatable bonds is 0. The van der Waals surface area contributed by atoms with Crippen molar-refractivity contribution in [2.75, 3.05) is 0 Å². The van der Waals surface area contributed by atoms with Crippen molar-refractivity contribution in [3.05, 3.63) is 0 Å². The Balaban J connectivity index is 0. The average molecular weight is 273 g/mol. The minimum absolute atomic E-state index is 0. The second kappa shape index (κ2) is 417. The molecule has 0 radical (unpaired) electrons. The molecule has 0 aliphatic carbocycles. The van der Waals surface area contributed by atoms with E-state index in [1.54, 1.807) is 0 Å². The fourth-order valence-electron chi connectivity index (χ4n) is 0. The molecule has 0 saturated carbocycles. The predicted octanol–water partition coefficient (Wildman–Crippen LogP) is -15.0. The smallest absolute Gasteiger partial charge is 0 e. The van der Waals surface area contributed by atoms with Crippen LogP contribution in [0.2, 0.25) is 0 Å². The molecule has 0 aliphatic rings. The van der Waals surface area contributed by atoms with E-state index in [0.29, 0.717) is 0 Å². The molecule has 0 aromatic heterocycles. The van der Waals surface area contributed by atoms with Gasteiger partial charge in [-0.15, -0.1) is 0 Å². The van der Waals surface area contributed by atoms with Gasteiger partial charge in [0.15, 0.2) is 0 Å². The Morgan fingerprint density at radius 1 is 0.333 bits per heavy atom. The summed E-state index contributed by atoms with van der Waals surface area (Å²) in [7, 11) is 0. The molecule has 0 rings (SSSR count). The first-order valence-corrected chi connectivity index (χ1v) is 0. The molecular weight excluding hydrogens is 273 g/mol. The molecule has 0 aromatic rings. The normalized spacial score (nSPS) is 0. The maximum atomic E-state index is 0. The van der Waals surface area contributed by atoms with Crippen LogP contribution < -0.4 is 23.5 Å². The molecule has 6 heavy (non-hydrogen) atoms. The summed E-state index contributed by atoms with van der Waals surface area (Å²) >= 11 is 0.